The van der Waals surface area contributed by atoms with Gasteiger partial charge in [0.25, 0.3) is 0 Å². The maximum atomic E-state index is 11.7. The van der Waals surface area contributed by atoms with E-state index in [0.29, 0.717) is 18.9 Å². The molecule has 2 aromatic carbocycles. The zero-order valence-corrected chi connectivity index (χ0v) is 18.4. The van der Waals surface area contributed by atoms with Gasteiger partial charge in [-0.1, -0.05) is 42.1 Å². The summed E-state index contributed by atoms with van der Waals surface area (Å²) in [5, 5.41) is 3.47. The molecule has 0 aliphatic heterocycles. The normalized spacial score (nSPS) is 13.7. The van der Waals surface area contributed by atoms with Gasteiger partial charge in [-0.25, -0.2) is 9.97 Å². The molecule has 2 aromatic heterocycles. The third kappa shape index (κ3) is 4.04. The third-order valence-corrected chi connectivity index (χ3v) is 6.68. The van der Waals surface area contributed by atoms with E-state index in [1.807, 2.05) is 13.0 Å². The molecule has 4 aromatic rings. The van der Waals surface area contributed by atoms with Gasteiger partial charge in [0.15, 0.2) is 10.8 Å². The lowest BCUT2D eigenvalue weighted by atomic mass is 9.99. The lowest BCUT2D eigenvalue weighted by molar-refractivity contribution is -0.143. The number of fused-ring (bicyclic) bond motifs is 2. The van der Waals surface area contributed by atoms with Gasteiger partial charge in [-0.05, 0) is 61.3 Å². The molecule has 31 heavy (non-hydrogen) atoms. The first-order chi connectivity index (χ1) is 15.3. The highest BCUT2D eigenvalue weighted by atomic mass is 32.2. The number of esters is 1. The van der Waals surface area contributed by atoms with E-state index in [1.54, 1.807) is 18.0 Å². The van der Waals surface area contributed by atoms with Crippen LogP contribution in [0.25, 0.3) is 27.6 Å². The Labute approximate surface area is 185 Å². The predicted molar refractivity (Wildman–Crippen MR) is 125 cm³/mol. The van der Waals surface area contributed by atoms with E-state index in [2.05, 4.69) is 52.0 Å². The number of carbonyl (C=O) groups is 1. The summed E-state index contributed by atoms with van der Waals surface area (Å²) in [5.41, 5.74) is 4.32. The van der Waals surface area contributed by atoms with Crippen molar-refractivity contribution < 1.29 is 9.53 Å². The number of ether oxygens (including phenoxy) is 1. The van der Waals surface area contributed by atoms with Crippen molar-refractivity contribution in [3.8, 4) is 5.69 Å². The number of rotatable bonds is 8. The number of imidazole rings is 1. The number of thioether (sulfide) groups is 1. The van der Waals surface area contributed by atoms with Crippen molar-refractivity contribution in [1.29, 1.82) is 0 Å². The van der Waals surface area contributed by atoms with Crippen LogP contribution in [0.3, 0.4) is 0 Å². The van der Waals surface area contributed by atoms with Crippen molar-refractivity contribution in [3.63, 3.8) is 0 Å². The molecule has 1 fully saturated rings. The number of aromatic nitrogens is 3. The van der Waals surface area contributed by atoms with E-state index in [0.717, 1.165) is 34.2 Å². The van der Waals surface area contributed by atoms with Crippen molar-refractivity contribution in [2.75, 3.05) is 12.4 Å². The Bertz CT molecular complexity index is 1250. The minimum absolute atomic E-state index is 0.139. The molecule has 1 aliphatic rings. The van der Waals surface area contributed by atoms with Crippen LogP contribution in [-0.4, -0.2) is 32.9 Å². The molecule has 0 unspecified atom stereocenters. The third-order valence-electron chi connectivity index (χ3n) is 5.65. The van der Waals surface area contributed by atoms with Crippen LogP contribution >= 0.6 is 11.8 Å². The number of benzene rings is 2. The van der Waals surface area contributed by atoms with Gasteiger partial charge in [-0.3, -0.25) is 9.36 Å². The van der Waals surface area contributed by atoms with Crippen LogP contribution in [0.2, 0.25) is 0 Å². The van der Waals surface area contributed by atoms with Gasteiger partial charge in [0, 0.05) is 23.8 Å². The zero-order chi connectivity index (χ0) is 21.2. The summed E-state index contributed by atoms with van der Waals surface area (Å²) in [4.78, 5) is 21.0. The van der Waals surface area contributed by atoms with Crippen molar-refractivity contribution >= 4 is 39.7 Å². The van der Waals surface area contributed by atoms with Crippen LogP contribution in [0.4, 0.5) is 0 Å². The number of nitrogens with zero attached hydrogens (tertiary/aromatic N) is 3. The molecule has 158 valence electrons. The molecule has 5 nitrogen and oxygen atoms in total. The van der Waals surface area contributed by atoms with E-state index >= 15 is 0 Å². The van der Waals surface area contributed by atoms with Crippen molar-refractivity contribution in [3.05, 3.63) is 60.3 Å². The van der Waals surface area contributed by atoms with Gasteiger partial charge in [-0.2, -0.15) is 0 Å². The first kappa shape index (κ1) is 20.1. The Kier molecular flexibility index (Phi) is 5.64. The fourth-order valence-electron chi connectivity index (χ4n) is 4.09. The Hall–Kier alpha value is -2.86. The van der Waals surface area contributed by atoms with Gasteiger partial charge >= 0.3 is 5.97 Å². The van der Waals surface area contributed by atoms with Gasteiger partial charge in [0.2, 0.25) is 0 Å². The minimum Gasteiger partial charge on any atom is -0.466 e. The maximum absolute atomic E-state index is 11.7. The molecule has 0 atom stereocenters. The van der Waals surface area contributed by atoms with E-state index in [1.165, 1.54) is 29.2 Å². The second-order valence-electron chi connectivity index (χ2n) is 7.83. The highest BCUT2D eigenvalue weighted by Gasteiger charge is 2.26. The topological polar surface area (TPSA) is 57.0 Å². The van der Waals surface area contributed by atoms with E-state index < -0.39 is 0 Å². The maximum Gasteiger partial charge on any atom is 0.305 e. The Morgan fingerprint density at radius 1 is 1.13 bits per heavy atom. The summed E-state index contributed by atoms with van der Waals surface area (Å²) < 4.78 is 7.26. The van der Waals surface area contributed by atoms with Crippen molar-refractivity contribution in [2.45, 2.75) is 43.7 Å². The monoisotopic (exact) mass is 431 g/mol. The van der Waals surface area contributed by atoms with E-state index in [4.69, 9.17) is 9.72 Å². The summed E-state index contributed by atoms with van der Waals surface area (Å²) in [6, 6.07) is 17.2. The SMILES string of the molecule is CCOC(=O)CCCSc1nc2ncccc2n1-c1ccc(C2CC2)c2ccccc12. The lowest BCUT2D eigenvalue weighted by Gasteiger charge is -2.14. The molecule has 6 heteroatoms. The fraction of sp³-hybridized carbons (Fsp3) is 0.320. The molecule has 0 saturated heterocycles. The average molecular weight is 432 g/mol. The zero-order valence-electron chi connectivity index (χ0n) is 17.6. The summed E-state index contributed by atoms with van der Waals surface area (Å²) >= 11 is 1.66. The number of hydrogen-bond acceptors (Lipinski definition) is 5. The predicted octanol–water partition coefficient (Wildman–Crippen LogP) is 5.89. The number of hydrogen-bond donors (Lipinski definition) is 0. The molecule has 0 spiro atoms. The van der Waals surface area contributed by atoms with Crippen molar-refractivity contribution in [1.82, 2.24) is 14.5 Å². The standard InChI is InChI=1S/C25H25N3O2S/c1-2-30-23(29)10-6-16-31-25-27-24-22(9-5-15-26-24)28(25)21-14-13-18(17-11-12-17)19-7-3-4-8-20(19)21/h3-5,7-9,13-15,17H,2,6,10-12,16H2,1H3. The first-order valence-corrected chi connectivity index (χ1v) is 11.9. The van der Waals surface area contributed by atoms with Crippen LogP contribution in [0, 0.1) is 0 Å². The molecule has 2 heterocycles. The molecular weight excluding hydrogens is 406 g/mol. The molecule has 0 radical (unpaired) electrons. The summed E-state index contributed by atoms with van der Waals surface area (Å²) in [7, 11) is 0. The first-order valence-electron chi connectivity index (χ1n) is 10.9. The van der Waals surface area contributed by atoms with Crippen LogP contribution in [0.1, 0.15) is 44.1 Å². The molecule has 0 N–H and O–H groups in total. The number of carbonyl (C=O) groups excluding carboxylic acids is 1. The Balaban J connectivity index is 1.53. The Morgan fingerprint density at radius 2 is 1.97 bits per heavy atom. The fourth-order valence-corrected chi connectivity index (χ4v) is 5.04. The number of pyridine rings is 1. The largest absolute Gasteiger partial charge is 0.466 e. The molecule has 1 aliphatic carbocycles. The summed E-state index contributed by atoms with van der Waals surface area (Å²) in [6.07, 6.45) is 5.52. The minimum atomic E-state index is -0.139. The summed E-state index contributed by atoms with van der Waals surface area (Å²) in [5.74, 6) is 1.34. The lowest BCUT2D eigenvalue weighted by Crippen LogP contribution is -2.04. The molecule has 5 rings (SSSR count). The van der Waals surface area contributed by atoms with Crippen LogP contribution < -0.4 is 0 Å². The van der Waals surface area contributed by atoms with Gasteiger partial charge < -0.3 is 4.74 Å². The molecule has 0 bridgehead atoms. The van der Waals surface area contributed by atoms with Crippen molar-refractivity contribution in [2.24, 2.45) is 0 Å². The van der Waals surface area contributed by atoms with Gasteiger partial charge in [0.1, 0.15) is 0 Å². The van der Waals surface area contributed by atoms with Gasteiger partial charge in [0.05, 0.1) is 17.8 Å². The molecule has 1 saturated carbocycles. The van der Waals surface area contributed by atoms with Crippen LogP contribution in [0.15, 0.2) is 59.9 Å². The second-order valence-corrected chi connectivity index (χ2v) is 8.89. The quantitative estimate of drug-likeness (QED) is 0.198. The highest BCUT2D eigenvalue weighted by Crippen LogP contribution is 2.44. The smallest absolute Gasteiger partial charge is 0.305 e. The van der Waals surface area contributed by atoms with Crippen LogP contribution in [0.5, 0.6) is 0 Å². The van der Waals surface area contributed by atoms with E-state index in [9.17, 15) is 4.79 Å². The second kappa shape index (κ2) is 8.71. The Morgan fingerprint density at radius 3 is 2.77 bits per heavy atom. The summed E-state index contributed by atoms with van der Waals surface area (Å²) in [6.45, 7) is 2.26. The average Bonchev–Trinajstić information content (AvgIpc) is 3.57. The van der Waals surface area contributed by atoms with Gasteiger partial charge in [-0.15, -0.1) is 0 Å². The molecule has 0 amide bonds. The van der Waals surface area contributed by atoms with E-state index in [-0.39, 0.29) is 5.97 Å². The van der Waals surface area contributed by atoms with Crippen LogP contribution in [-0.2, 0) is 9.53 Å². The highest BCUT2D eigenvalue weighted by molar-refractivity contribution is 7.99. The molecular formula is C25H25N3O2S.